The minimum absolute atomic E-state index is 0.150. The minimum Gasteiger partial charge on any atom is -0.550 e. The van der Waals surface area contributed by atoms with Crippen molar-refractivity contribution in [3.8, 4) is 28.3 Å². The number of aliphatic hydroxyl groups excluding tert-OH is 2. The van der Waals surface area contributed by atoms with Crippen molar-refractivity contribution in [3.05, 3.63) is 107 Å². The Morgan fingerprint density at radius 1 is 0.955 bits per heavy atom. The number of nitriles is 1. The van der Waals surface area contributed by atoms with Gasteiger partial charge < -0.3 is 30.0 Å². The van der Waals surface area contributed by atoms with Gasteiger partial charge >= 0.3 is 0 Å². The van der Waals surface area contributed by atoms with Crippen LogP contribution in [0, 0.1) is 17.1 Å². The number of nitrogens with zero attached hydrogens (tertiary/aromatic N) is 2. The van der Waals surface area contributed by atoms with Crippen molar-refractivity contribution in [2.75, 3.05) is 0 Å². The standard InChI is InChI=1S/C35H36FN3O5/c1-22(2)39-30(16-15-28(40)18-29(41)19-31(42)43)32(26-11-13-27(36)14-12-26)33(25-9-4-3-5-10-25)34(39)35(44)38-21-24-8-6-7-23(17-24)20-37/h3-14,17,22,28-29,40-41H,15-16,18-19,21H2,1-2H3,(H,38,44)(H,42,43)/p-1/t28-,29-/m1/s1. The molecule has 3 N–H and O–H groups in total. The van der Waals surface area contributed by atoms with Crippen LogP contribution >= 0.6 is 0 Å². The quantitative estimate of drug-likeness (QED) is 0.207. The molecule has 2 atom stereocenters. The van der Waals surface area contributed by atoms with Gasteiger partial charge in [0.2, 0.25) is 0 Å². The first-order valence-electron chi connectivity index (χ1n) is 14.5. The largest absolute Gasteiger partial charge is 0.550 e. The third-order valence-corrected chi connectivity index (χ3v) is 7.40. The highest BCUT2D eigenvalue weighted by Gasteiger charge is 2.30. The highest BCUT2D eigenvalue weighted by molar-refractivity contribution is 6.05. The van der Waals surface area contributed by atoms with Gasteiger partial charge in [-0.3, -0.25) is 4.79 Å². The second-order valence-corrected chi connectivity index (χ2v) is 11.0. The van der Waals surface area contributed by atoms with E-state index in [9.17, 15) is 34.6 Å². The van der Waals surface area contributed by atoms with Gasteiger partial charge in [-0.2, -0.15) is 5.26 Å². The molecule has 8 nitrogen and oxygen atoms in total. The number of aliphatic carboxylic acids is 1. The van der Waals surface area contributed by atoms with Gasteiger partial charge in [0.15, 0.2) is 0 Å². The van der Waals surface area contributed by atoms with Gasteiger partial charge in [-0.1, -0.05) is 54.6 Å². The Balaban J connectivity index is 1.85. The fourth-order valence-electron chi connectivity index (χ4n) is 5.52. The molecule has 0 aliphatic carbocycles. The summed E-state index contributed by atoms with van der Waals surface area (Å²) in [5.74, 6) is -2.16. The van der Waals surface area contributed by atoms with Gasteiger partial charge in [-0.15, -0.1) is 0 Å². The lowest BCUT2D eigenvalue weighted by Crippen LogP contribution is -2.29. The number of hydrogen-bond acceptors (Lipinski definition) is 6. The van der Waals surface area contributed by atoms with E-state index >= 15 is 0 Å². The number of halogens is 1. The van der Waals surface area contributed by atoms with Gasteiger partial charge in [0.25, 0.3) is 5.91 Å². The molecule has 4 aromatic rings. The number of aromatic nitrogens is 1. The first-order valence-corrected chi connectivity index (χ1v) is 14.5. The Morgan fingerprint density at radius 3 is 2.27 bits per heavy atom. The highest BCUT2D eigenvalue weighted by atomic mass is 19.1. The van der Waals surface area contributed by atoms with E-state index in [0.717, 1.165) is 16.8 Å². The van der Waals surface area contributed by atoms with Crippen LogP contribution in [0.2, 0.25) is 0 Å². The number of rotatable bonds is 13. The predicted molar refractivity (Wildman–Crippen MR) is 163 cm³/mol. The SMILES string of the molecule is CC(C)n1c(CC[C@@H](O)C[C@@H](O)CC(=O)[O-])c(-c2ccc(F)cc2)c(-c2ccccc2)c1C(=O)NCc1cccc(C#N)c1. The van der Waals surface area contributed by atoms with Crippen LogP contribution in [-0.4, -0.2) is 38.9 Å². The summed E-state index contributed by atoms with van der Waals surface area (Å²) >= 11 is 0. The normalized spacial score (nSPS) is 12.5. The van der Waals surface area contributed by atoms with E-state index in [1.807, 2.05) is 54.8 Å². The topological polar surface area (TPSA) is 138 Å². The molecule has 0 fully saturated rings. The summed E-state index contributed by atoms with van der Waals surface area (Å²) in [6, 6.07) is 24.3. The molecule has 0 aliphatic heterocycles. The molecule has 0 radical (unpaired) electrons. The third-order valence-electron chi connectivity index (χ3n) is 7.40. The summed E-state index contributed by atoms with van der Waals surface area (Å²) in [5.41, 5.74) is 5.18. The molecule has 0 aliphatic rings. The Labute approximate surface area is 256 Å². The lowest BCUT2D eigenvalue weighted by molar-refractivity contribution is -0.307. The van der Waals surface area contributed by atoms with Gasteiger partial charge in [0.05, 0.1) is 23.8 Å². The summed E-state index contributed by atoms with van der Waals surface area (Å²) in [6.07, 6.45) is -2.56. The minimum atomic E-state index is -1.40. The maximum atomic E-state index is 14.1. The second-order valence-electron chi connectivity index (χ2n) is 11.0. The fourth-order valence-corrected chi connectivity index (χ4v) is 5.52. The van der Waals surface area contributed by atoms with Crippen LogP contribution < -0.4 is 10.4 Å². The van der Waals surface area contributed by atoms with Crippen LogP contribution in [0.15, 0.2) is 78.9 Å². The molecule has 4 rings (SSSR count). The van der Waals surface area contributed by atoms with Crippen LogP contribution in [0.5, 0.6) is 0 Å². The number of carboxylic acids is 1. The molecule has 1 heterocycles. The van der Waals surface area contributed by atoms with Crippen molar-refractivity contribution < 1.29 is 29.3 Å². The number of nitrogens with one attached hydrogen (secondary N) is 1. The smallest absolute Gasteiger partial charge is 0.268 e. The summed E-state index contributed by atoms with van der Waals surface area (Å²) in [6.45, 7) is 4.07. The molecule has 0 saturated heterocycles. The predicted octanol–water partition coefficient (Wildman–Crippen LogP) is 4.53. The third kappa shape index (κ3) is 7.78. The van der Waals surface area contributed by atoms with Gasteiger partial charge in [-0.05, 0) is 74.1 Å². The van der Waals surface area contributed by atoms with Crippen molar-refractivity contribution in [2.45, 2.75) is 64.3 Å². The Hall–Kier alpha value is -4.78. The lowest BCUT2D eigenvalue weighted by Gasteiger charge is -2.20. The van der Waals surface area contributed by atoms with Crippen LogP contribution in [-0.2, 0) is 17.8 Å². The van der Waals surface area contributed by atoms with E-state index in [2.05, 4.69) is 11.4 Å². The van der Waals surface area contributed by atoms with E-state index in [4.69, 9.17) is 0 Å². The molecular weight excluding hydrogens is 561 g/mol. The fraction of sp³-hybridized carbons (Fsp3) is 0.286. The average Bonchev–Trinajstić information content (AvgIpc) is 3.35. The molecule has 44 heavy (non-hydrogen) atoms. The number of carbonyl (C=O) groups excluding carboxylic acids is 2. The molecule has 9 heteroatoms. The van der Waals surface area contributed by atoms with Gasteiger partial charge in [0.1, 0.15) is 11.5 Å². The van der Waals surface area contributed by atoms with E-state index in [1.165, 1.54) is 12.1 Å². The first-order chi connectivity index (χ1) is 21.1. The molecule has 1 aromatic heterocycles. The summed E-state index contributed by atoms with van der Waals surface area (Å²) in [7, 11) is 0. The van der Waals surface area contributed by atoms with Gasteiger partial charge in [-0.25, -0.2) is 4.39 Å². The number of aliphatic hydroxyl groups is 2. The molecule has 1 amide bonds. The summed E-state index contributed by atoms with van der Waals surface area (Å²) in [5, 5.41) is 44.0. The number of hydrogen-bond donors (Lipinski definition) is 3. The summed E-state index contributed by atoms with van der Waals surface area (Å²) in [4.78, 5) is 25.0. The Morgan fingerprint density at radius 2 is 1.64 bits per heavy atom. The maximum Gasteiger partial charge on any atom is 0.268 e. The molecule has 0 unspecified atom stereocenters. The zero-order chi connectivity index (χ0) is 31.8. The van der Waals surface area contributed by atoms with Crippen molar-refractivity contribution in [1.82, 2.24) is 9.88 Å². The van der Waals surface area contributed by atoms with Crippen LogP contribution in [0.1, 0.15) is 66.5 Å². The number of carbonyl (C=O) groups is 2. The molecule has 0 saturated carbocycles. The zero-order valence-electron chi connectivity index (χ0n) is 24.7. The van der Waals surface area contributed by atoms with E-state index < -0.39 is 30.4 Å². The van der Waals surface area contributed by atoms with Crippen LogP contribution in [0.4, 0.5) is 4.39 Å². The Kier molecular flexibility index (Phi) is 10.7. The number of amides is 1. The second kappa shape index (κ2) is 14.6. The average molecular weight is 597 g/mol. The van der Waals surface area contributed by atoms with Gasteiger partial charge in [0, 0.05) is 41.8 Å². The number of benzene rings is 3. The van der Waals surface area contributed by atoms with Crippen molar-refractivity contribution >= 4 is 11.9 Å². The van der Waals surface area contributed by atoms with Crippen LogP contribution in [0.25, 0.3) is 22.3 Å². The molecule has 3 aromatic carbocycles. The van der Waals surface area contributed by atoms with E-state index in [1.54, 1.807) is 30.3 Å². The Bertz CT molecular complexity index is 1640. The summed E-state index contributed by atoms with van der Waals surface area (Å²) < 4.78 is 16.0. The van der Waals surface area contributed by atoms with Crippen molar-refractivity contribution in [1.29, 1.82) is 5.26 Å². The molecule has 228 valence electrons. The maximum absolute atomic E-state index is 14.1. The van der Waals surface area contributed by atoms with Crippen molar-refractivity contribution in [3.63, 3.8) is 0 Å². The monoisotopic (exact) mass is 596 g/mol. The highest BCUT2D eigenvalue weighted by Crippen LogP contribution is 2.42. The zero-order valence-corrected chi connectivity index (χ0v) is 24.7. The molecular formula is C35H35FN3O5-. The van der Waals surface area contributed by atoms with E-state index in [-0.39, 0.29) is 37.8 Å². The first kappa shape index (κ1) is 32.1. The van der Waals surface area contributed by atoms with E-state index in [0.29, 0.717) is 27.9 Å². The molecule has 0 spiro atoms. The van der Waals surface area contributed by atoms with Crippen molar-refractivity contribution in [2.24, 2.45) is 0 Å². The lowest BCUT2D eigenvalue weighted by atomic mass is 9.92. The number of carboxylic acid groups (broad SMARTS) is 1. The molecule has 0 bridgehead atoms. The van der Waals surface area contributed by atoms with Crippen LogP contribution in [0.3, 0.4) is 0 Å².